The van der Waals surface area contributed by atoms with Crippen molar-refractivity contribution in [2.75, 3.05) is 0 Å². The van der Waals surface area contributed by atoms with Crippen LogP contribution in [0.3, 0.4) is 0 Å². The highest BCUT2D eigenvalue weighted by Crippen LogP contribution is 2.39. The molecule has 0 aliphatic heterocycles. The molecule has 4 nitrogen and oxygen atoms in total. The molecule has 1 aromatic carbocycles. The van der Waals surface area contributed by atoms with Gasteiger partial charge in [0.15, 0.2) is 0 Å². The molecule has 8 heteroatoms. The lowest BCUT2D eigenvalue weighted by atomic mass is 10.1. The van der Waals surface area contributed by atoms with E-state index >= 15 is 0 Å². The number of nitrogens with zero attached hydrogens (tertiary/aromatic N) is 2. The number of benzene rings is 1. The molecule has 0 atom stereocenters. The minimum atomic E-state index is -4.81. The van der Waals surface area contributed by atoms with Crippen LogP contribution >= 0.6 is 15.9 Å². The van der Waals surface area contributed by atoms with E-state index in [1.807, 2.05) is 0 Å². The Morgan fingerprint density at radius 3 is 2.47 bits per heavy atom. The highest BCUT2D eigenvalue weighted by molar-refractivity contribution is 9.10. The number of alkyl halides is 3. The number of nitriles is 1. The van der Waals surface area contributed by atoms with Crippen molar-refractivity contribution in [2.45, 2.75) is 12.6 Å². The minimum absolute atomic E-state index is 0.0250. The Kier molecular flexibility index (Phi) is 3.72. The molecule has 0 saturated carbocycles. The van der Waals surface area contributed by atoms with E-state index in [-0.39, 0.29) is 16.5 Å². The highest BCUT2D eigenvalue weighted by atomic mass is 79.9. The second-order valence-corrected chi connectivity index (χ2v) is 3.90. The summed E-state index contributed by atoms with van der Waals surface area (Å²) in [4.78, 5) is 9.43. The van der Waals surface area contributed by atoms with Gasteiger partial charge in [0.05, 0.1) is 17.4 Å². The molecule has 0 fully saturated rings. The third-order valence-corrected chi connectivity index (χ3v) is 2.67. The summed E-state index contributed by atoms with van der Waals surface area (Å²) >= 11 is 2.85. The first-order valence-corrected chi connectivity index (χ1v) is 4.97. The Hall–Kier alpha value is -1.62. The molecule has 0 unspecified atom stereocenters. The average Bonchev–Trinajstić information content (AvgIpc) is 2.19. The lowest BCUT2D eigenvalue weighted by molar-refractivity contribution is -0.388. The van der Waals surface area contributed by atoms with E-state index in [0.29, 0.717) is 6.07 Å². The summed E-state index contributed by atoms with van der Waals surface area (Å²) < 4.78 is 37.6. The quantitative estimate of drug-likeness (QED) is 0.621. The van der Waals surface area contributed by atoms with Crippen LogP contribution in [0.5, 0.6) is 0 Å². The molecule has 0 amide bonds. The number of hydrogen-bond donors (Lipinski definition) is 0. The summed E-state index contributed by atoms with van der Waals surface area (Å²) in [6, 6.07) is 3.09. The maximum Gasteiger partial charge on any atom is 0.423 e. The zero-order valence-corrected chi connectivity index (χ0v) is 9.67. The van der Waals surface area contributed by atoms with Gasteiger partial charge in [-0.25, -0.2) is 0 Å². The fourth-order valence-electron chi connectivity index (χ4n) is 1.20. The summed E-state index contributed by atoms with van der Waals surface area (Å²) in [5, 5.41) is 19.0. The molecule has 90 valence electrons. The molecule has 0 saturated heterocycles. The maximum absolute atomic E-state index is 12.5. The average molecular weight is 309 g/mol. The predicted molar refractivity (Wildman–Crippen MR) is 55.1 cm³/mol. The Morgan fingerprint density at radius 2 is 2.06 bits per heavy atom. The lowest BCUT2D eigenvalue weighted by Gasteiger charge is -2.09. The Labute approximate surface area is 102 Å². The Balaban J connectivity index is 3.48. The van der Waals surface area contributed by atoms with Crippen molar-refractivity contribution in [3.63, 3.8) is 0 Å². The highest BCUT2D eigenvalue weighted by Gasteiger charge is 2.38. The lowest BCUT2D eigenvalue weighted by Crippen LogP contribution is -2.09. The number of rotatable bonds is 2. The summed E-state index contributed by atoms with van der Waals surface area (Å²) in [5.41, 5.74) is -2.24. The molecule has 1 aromatic rings. The van der Waals surface area contributed by atoms with Gasteiger partial charge in [-0.1, -0.05) is 15.9 Å². The minimum Gasteiger partial charge on any atom is -0.258 e. The molecule has 0 aliphatic carbocycles. The van der Waals surface area contributed by atoms with Gasteiger partial charge in [-0.3, -0.25) is 10.1 Å². The van der Waals surface area contributed by atoms with Gasteiger partial charge in [-0.05, 0) is 11.6 Å². The summed E-state index contributed by atoms with van der Waals surface area (Å²) in [7, 11) is 0. The SMILES string of the molecule is N#CCc1cc([N+](=O)[O-])c(C(F)(F)F)cc1Br. The fourth-order valence-corrected chi connectivity index (χ4v) is 1.69. The van der Waals surface area contributed by atoms with Gasteiger partial charge in [-0.2, -0.15) is 18.4 Å². The van der Waals surface area contributed by atoms with Crippen molar-refractivity contribution in [3.05, 3.63) is 37.8 Å². The maximum atomic E-state index is 12.5. The summed E-state index contributed by atoms with van der Waals surface area (Å²) in [6.07, 6.45) is -5.02. The molecule has 1 rings (SSSR count). The van der Waals surface area contributed by atoms with E-state index in [0.717, 1.165) is 6.07 Å². The smallest absolute Gasteiger partial charge is 0.258 e. The van der Waals surface area contributed by atoms with Crippen molar-refractivity contribution in [2.24, 2.45) is 0 Å². The molecule has 0 bridgehead atoms. The van der Waals surface area contributed by atoms with Gasteiger partial charge in [0.1, 0.15) is 5.56 Å². The molecular formula is C9H4BrF3N2O2. The van der Waals surface area contributed by atoms with Crippen LogP contribution in [0.4, 0.5) is 18.9 Å². The molecule has 0 spiro atoms. The fraction of sp³-hybridized carbons (Fsp3) is 0.222. The predicted octanol–water partition coefficient (Wildman–Crippen LogP) is 3.44. The second kappa shape index (κ2) is 4.71. The zero-order chi connectivity index (χ0) is 13.2. The molecule has 0 N–H and O–H groups in total. The first kappa shape index (κ1) is 13.4. The summed E-state index contributed by atoms with van der Waals surface area (Å²) in [6.45, 7) is 0. The Morgan fingerprint density at radius 1 is 1.47 bits per heavy atom. The van der Waals surface area contributed by atoms with Crippen LogP contribution in [0.1, 0.15) is 11.1 Å². The van der Waals surface area contributed by atoms with Gasteiger partial charge in [0.2, 0.25) is 0 Å². The van der Waals surface area contributed by atoms with Gasteiger partial charge in [0.25, 0.3) is 5.69 Å². The van der Waals surface area contributed by atoms with Crippen LogP contribution < -0.4 is 0 Å². The zero-order valence-electron chi connectivity index (χ0n) is 8.08. The van der Waals surface area contributed by atoms with Crippen LogP contribution in [0, 0.1) is 21.4 Å². The van der Waals surface area contributed by atoms with Crippen LogP contribution in [0.15, 0.2) is 16.6 Å². The molecular weight excluding hydrogens is 305 g/mol. The van der Waals surface area contributed by atoms with Crippen LogP contribution in [0.25, 0.3) is 0 Å². The van der Waals surface area contributed by atoms with Crippen molar-refractivity contribution in [1.82, 2.24) is 0 Å². The molecule has 0 heterocycles. The molecule has 0 radical (unpaired) electrons. The van der Waals surface area contributed by atoms with Gasteiger partial charge in [-0.15, -0.1) is 0 Å². The van der Waals surface area contributed by atoms with Crippen LogP contribution in [-0.2, 0) is 12.6 Å². The van der Waals surface area contributed by atoms with E-state index in [1.54, 1.807) is 6.07 Å². The summed E-state index contributed by atoms with van der Waals surface area (Å²) in [5.74, 6) is 0. The van der Waals surface area contributed by atoms with E-state index in [9.17, 15) is 23.3 Å². The van der Waals surface area contributed by atoms with E-state index in [1.165, 1.54) is 0 Å². The van der Waals surface area contributed by atoms with Crippen molar-refractivity contribution >= 4 is 21.6 Å². The van der Waals surface area contributed by atoms with Crippen molar-refractivity contribution in [3.8, 4) is 6.07 Å². The second-order valence-electron chi connectivity index (χ2n) is 3.05. The Bertz CT molecular complexity index is 508. The number of nitro benzene ring substituents is 1. The van der Waals surface area contributed by atoms with Gasteiger partial charge >= 0.3 is 6.18 Å². The third-order valence-electron chi connectivity index (χ3n) is 1.94. The largest absolute Gasteiger partial charge is 0.423 e. The molecule has 0 aliphatic rings. The van der Waals surface area contributed by atoms with E-state index in [4.69, 9.17) is 5.26 Å². The first-order chi connectivity index (χ1) is 7.77. The van der Waals surface area contributed by atoms with Gasteiger partial charge in [0, 0.05) is 10.5 Å². The standard InChI is InChI=1S/C9H4BrF3N2O2/c10-7-4-6(9(11,12)13)8(15(16)17)3-5(7)1-2-14/h3-4H,1H2. The number of halogens is 4. The molecule has 17 heavy (non-hydrogen) atoms. The van der Waals surface area contributed by atoms with Crippen molar-refractivity contribution < 1.29 is 18.1 Å². The monoisotopic (exact) mass is 308 g/mol. The van der Waals surface area contributed by atoms with Crippen LogP contribution in [0.2, 0.25) is 0 Å². The van der Waals surface area contributed by atoms with Crippen LogP contribution in [-0.4, -0.2) is 4.92 Å². The van der Waals surface area contributed by atoms with Crippen molar-refractivity contribution in [1.29, 1.82) is 5.26 Å². The number of nitro groups is 1. The van der Waals surface area contributed by atoms with Gasteiger partial charge < -0.3 is 0 Å². The molecule has 0 aromatic heterocycles. The number of hydrogen-bond acceptors (Lipinski definition) is 3. The first-order valence-electron chi connectivity index (χ1n) is 4.18. The third kappa shape index (κ3) is 2.94. The van der Waals surface area contributed by atoms with E-state index < -0.39 is 22.4 Å². The normalized spacial score (nSPS) is 11.0. The topological polar surface area (TPSA) is 66.9 Å². The van der Waals surface area contributed by atoms with E-state index in [2.05, 4.69) is 15.9 Å².